The number of esters is 1. The highest BCUT2D eigenvalue weighted by molar-refractivity contribution is 5.76. The molecule has 0 amide bonds. The molecule has 0 aromatic carbocycles. The summed E-state index contributed by atoms with van der Waals surface area (Å²) >= 11 is 0. The molecule has 1 aliphatic heterocycles. The van der Waals surface area contributed by atoms with Gasteiger partial charge in [0.25, 0.3) is 0 Å². The molecule has 3 unspecified atom stereocenters. The van der Waals surface area contributed by atoms with Gasteiger partial charge in [-0.05, 0) is 40.2 Å². The predicted octanol–water partition coefficient (Wildman–Crippen LogP) is 1.17. The maximum atomic E-state index is 12.3. The number of hydrogen-bond acceptors (Lipinski definition) is 5. The molecule has 0 bridgehead atoms. The zero-order valence-corrected chi connectivity index (χ0v) is 13.1. The highest BCUT2D eigenvalue weighted by atomic mass is 16.6. The number of ether oxygens (including phenoxy) is 1. The van der Waals surface area contributed by atoms with Crippen LogP contribution in [-0.4, -0.2) is 58.5 Å². The van der Waals surface area contributed by atoms with Crippen molar-refractivity contribution in [2.45, 2.75) is 64.7 Å². The molecule has 1 saturated heterocycles. The fraction of sp³-hybridized carbons (Fsp3) is 0.933. The first-order valence-electron chi connectivity index (χ1n) is 7.54. The van der Waals surface area contributed by atoms with Crippen molar-refractivity contribution in [2.24, 2.45) is 5.92 Å². The summed E-state index contributed by atoms with van der Waals surface area (Å²) in [6.45, 7) is 8.90. The Morgan fingerprint density at radius 1 is 1.45 bits per heavy atom. The summed E-state index contributed by atoms with van der Waals surface area (Å²) in [5, 5.41) is 18.9. The third kappa shape index (κ3) is 5.04. The van der Waals surface area contributed by atoms with Crippen LogP contribution in [0.25, 0.3) is 0 Å². The van der Waals surface area contributed by atoms with E-state index in [9.17, 15) is 9.90 Å². The Kier molecular flexibility index (Phi) is 6.43. The van der Waals surface area contributed by atoms with Crippen molar-refractivity contribution in [3.05, 3.63) is 0 Å². The van der Waals surface area contributed by atoms with Crippen LogP contribution in [0, 0.1) is 5.92 Å². The van der Waals surface area contributed by atoms with Gasteiger partial charge in [-0.3, -0.25) is 9.69 Å². The molecule has 118 valence electrons. The molecule has 1 fully saturated rings. The number of carbonyl (C=O) groups excluding carboxylic acids is 1. The van der Waals surface area contributed by atoms with E-state index < -0.39 is 11.7 Å². The summed E-state index contributed by atoms with van der Waals surface area (Å²) in [6, 6.07) is -0.299. The molecular formula is C15H29NO4. The molecule has 0 spiro atoms. The van der Waals surface area contributed by atoms with Crippen LogP contribution in [0.1, 0.15) is 47.0 Å². The molecular weight excluding hydrogens is 258 g/mol. The Hall–Kier alpha value is -0.650. The molecule has 1 heterocycles. The highest BCUT2D eigenvalue weighted by Gasteiger charge is 2.40. The van der Waals surface area contributed by atoms with Gasteiger partial charge in [-0.25, -0.2) is 0 Å². The number of hydrogen-bond donors (Lipinski definition) is 2. The number of unbranched alkanes of at least 4 members (excludes halogenated alkanes) is 1. The molecule has 0 aliphatic carbocycles. The molecule has 0 radical (unpaired) electrons. The highest BCUT2D eigenvalue weighted by Crippen LogP contribution is 2.28. The number of nitrogens with zero attached hydrogens (tertiary/aromatic N) is 1. The van der Waals surface area contributed by atoms with Crippen molar-refractivity contribution in [1.82, 2.24) is 4.90 Å². The third-order valence-electron chi connectivity index (χ3n) is 3.64. The lowest BCUT2D eigenvalue weighted by atomic mass is 9.99. The summed E-state index contributed by atoms with van der Waals surface area (Å²) < 4.78 is 5.47. The number of likely N-dealkylation sites (tertiary alicyclic amines) is 1. The van der Waals surface area contributed by atoms with Gasteiger partial charge in [-0.15, -0.1) is 0 Å². The Morgan fingerprint density at radius 2 is 2.10 bits per heavy atom. The minimum atomic E-state index is -0.758. The van der Waals surface area contributed by atoms with Crippen LogP contribution in [0.4, 0.5) is 0 Å². The smallest absolute Gasteiger partial charge is 0.323 e. The van der Waals surface area contributed by atoms with E-state index in [1.165, 1.54) is 0 Å². The van der Waals surface area contributed by atoms with Crippen LogP contribution in [0.3, 0.4) is 0 Å². The number of rotatable bonds is 6. The van der Waals surface area contributed by atoms with Gasteiger partial charge in [-0.2, -0.15) is 0 Å². The van der Waals surface area contributed by atoms with Crippen molar-refractivity contribution in [3.8, 4) is 0 Å². The summed E-state index contributed by atoms with van der Waals surface area (Å²) in [6.07, 6.45) is 1.87. The van der Waals surface area contributed by atoms with Gasteiger partial charge >= 0.3 is 5.97 Å². The fourth-order valence-electron chi connectivity index (χ4n) is 2.59. The molecule has 5 nitrogen and oxygen atoms in total. The predicted molar refractivity (Wildman–Crippen MR) is 77.3 cm³/mol. The number of carbonyl (C=O) groups is 1. The summed E-state index contributed by atoms with van der Waals surface area (Å²) in [4.78, 5) is 14.4. The number of aliphatic hydroxyl groups excluding tert-OH is 2. The Labute approximate surface area is 121 Å². The van der Waals surface area contributed by atoms with Crippen LogP contribution in [0.2, 0.25) is 0 Å². The number of aliphatic hydroxyl groups is 2. The maximum Gasteiger partial charge on any atom is 0.323 e. The first kappa shape index (κ1) is 17.4. The molecule has 1 rings (SSSR count). The van der Waals surface area contributed by atoms with Crippen LogP contribution in [0.5, 0.6) is 0 Å². The topological polar surface area (TPSA) is 70.0 Å². The van der Waals surface area contributed by atoms with Gasteiger partial charge in [0, 0.05) is 12.5 Å². The van der Waals surface area contributed by atoms with Crippen LogP contribution in [0.15, 0.2) is 0 Å². The molecule has 0 saturated carbocycles. The van der Waals surface area contributed by atoms with Gasteiger partial charge in [0.2, 0.25) is 0 Å². The van der Waals surface area contributed by atoms with Gasteiger partial charge in [0.1, 0.15) is 11.6 Å². The molecule has 0 aromatic heterocycles. The molecule has 3 atom stereocenters. The molecule has 1 aliphatic rings. The van der Waals surface area contributed by atoms with E-state index in [-0.39, 0.29) is 24.5 Å². The Balaban J connectivity index is 2.70. The van der Waals surface area contributed by atoms with Crippen molar-refractivity contribution >= 4 is 5.97 Å². The third-order valence-corrected chi connectivity index (χ3v) is 3.64. The van der Waals surface area contributed by atoms with Crippen molar-refractivity contribution in [2.75, 3.05) is 19.7 Å². The van der Waals surface area contributed by atoms with E-state index in [4.69, 9.17) is 9.84 Å². The lowest BCUT2D eigenvalue weighted by Crippen LogP contribution is -2.40. The van der Waals surface area contributed by atoms with E-state index in [2.05, 4.69) is 11.8 Å². The SMILES string of the molecule is CCCCN1CC(C(O)CO)CC1C(=O)OC(C)(C)C. The summed E-state index contributed by atoms with van der Waals surface area (Å²) in [5.74, 6) is -0.282. The van der Waals surface area contributed by atoms with Crippen LogP contribution < -0.4 is 0 Å². The van der Waals surface area contributed by atoms with E-state index >= 15 is 0 Å². The minimum absolute atomic E-state index is 0.0608. The second kappa shape index (κ2) is 7.38. The monoisotopic (exact) mass is 287 g/mol. The maximum absolute atomic E-state index is 12.3. The lowest BCUT2D eigenvalue weighted by Gasteiger charge is -2.27. The standard InChI is InChI=1S/C15H29NO4/c1-5-6-7-16-9-11(13(18)10-17)8-12(16)14(19)20-15(2,3)4/h11-13,17-18H,5-10H2,1-4H3. The van der Waals surface area contributed by atoms with Crippen molar-refractivity contribution < 1.29 is 19.7 Å². The van der Waals surface area contributed by atoms with Crippen LogP contribution in [-0.2, 0) is 9.53 Å². The molecule has 0 aromatic rings. The molecule has 5 heteroatoms. The fourth-order valence-corrected chi connectivity index (χ4v) is 2.59. The molecule has 20 heavy (non-hydrogen) atoms. The second-order valence-electron chi connectivity index (χ2n) is 6.64. The zero-order valence-electron chi connectivity index (χ0n) is 13.1. The van der Waals surface area contributed by atoms with Crippen molar-refractivity contribution in [1.29, 1.82) is 0 Å². The van der Waals surface area contributed by atoms with Gasteiger partial charge in [-0.1, -0.05) is 13.3 Å². The van der Waals surface area contributed by atoms with Gasteiger partial charge in [0.05, 0.1) is 12.7 Å². The molecule has 2 N–H and O–H groups in total. The average molecular weight is 287 g/mol. The van der Waals surface area contributed by atoms with Gasteiger partial charge in [0.15, 0.2) is 0 Å². The second-order valence-corrected chi connectivity index (χ2v) is 6.64. The van der Waals surface area contributed by atoms with E-state index in [1.54, 1.807) is 0 Å². The Bertz CT molecular complexity index is 313. The normalized spacial score (nSPS) is 25.7. The van der Waals surface area contributed by atoms with E-state index in [0.717, 1.165) is 19.4 Å². The van der Waals surface area contributed by atoms with E-state index in [0.29, 0.717) is 13.0 Å². The van der Waals surface area contributed by atoms with E-state index in [1.807, 2.05) is 20.8 Å². The van der Waals surface area contributed by atoms with Gasteiger partial charge < -0.3 is 14.9 Å². The first-order valence-corrected chi connectivity index (χ1v) is 7.54. The summed E-state index contributed by atoms with van der Waals surface area (Å²) in [7, 11) is 0. The minimum Gasteiger partial charge on any atom is -0.459 e. The first-order chi connectivity index (χ1) is 9.28. The quantitative estimate of drug-likeness (QED) is 0.718. The van der Waals surface area contributed by atoms with Crippen molar-refractivity contribution in [3.63, 3.8) is 0 Å². The largest absolute Gasteiger partial charge is 0.459 e. The summed E-state index contributed by atoms with van der Waals surface area (Å²) in [5.41, 5.74) is -0.499. The van der Waals surface area contributed by atoms with Crippen LogP contribution >= 0.6 is 0 Å². The lowest BCUT2D eigenvalue weighted by molar-refractivity contribution is -0.160. The Morgan fingerprint density at radius 3 is 2.60 bits per heavy atom. The average Bonchev–Trinajstić information content (AvgIpc) is 2.77. The zero-order chi connectivity index (χ0) is 15.3.